The molecule has 1 fully saturated rings. The number of hydrogen-bond acceptors (Lipinski definition) is 1. The molecule has 1 saturated heterocycles. The summed E-state index contributed by atoms with van der Waals surface area (Å²) in [5.74, 6) is 0. The van der Waals surface area contributed by atoms with Crippen LogP contribution in [-0.4, -0.2) is 12.7 Å². The Morgan fingerprint density at radius 3 is 2.56 bits per heavy atom. The van der Waals surface area contributed by atoms with Crippen LogP contribution < -0.4 is 0 Å². The van der Waals surface area contributed by atoms with E-state index in [1.54, 1.807) is 0 Å². The smallest absolute Gasteiger partial charge is 0.0679 e. The van der Waals surface area contributed by atoms with Crippen molar-refractivity contribution in [2.24, 2.45) is 5.41 Å². The van der Waals surface area contributed by atoms with Gasteiger partial charge in [0, 0.05) is 0 Å². The first-order valence-corrected chi connectivity index (χ1v) is 5.90. The first-order valence-electron chi connectivity index (χ1n) is 5.90. The van der Waals surface area contributed by atoms with Crippen LogP contribution in [0.4, 0.5) is 0 Å². The zero-order chi connectivity index (χ0) is 11.6. The molecule has 1 nitrogen and oxygen atoms in total. The van der Waals surface area contributed by atoms with Crippen molar-refractivity contribution < 1.29 is 4.74 Å². The first-order chi connectivity index (χ1) is 7.58. The van der Waals surface area contributed by atoms with Gasteiger partial charge in [0.2, 0.25) is 0 Å². The van der Waals surface area contributed by atoms with Gasteiger partial charge in [-0.15, -0.1) is 0 Å². The van der Waals surface area contributed by atoms with Gasteiger partial charge in [-0.25, -0.2) is 0 Å². The number of ether oxygens (including phenoxy) is 1. The predicted molar refractivity (Wildman–Crippen MR) is 67.4 cm³/mol. The van der Waals surface area contributed by atoms with Crippen molar-refractivity contribution in [3.05, 3.63) is 48.0 Å². The topological polar surface area (TPSA) is 9.23 Å². The maximum absolute atomic E-state index is 5.80. The van der Waals surface area contributed by atoms with Gasteiger partial charge in [0.05, 0.1) is 12.7 Å². The van der Waals surface area contributed by atoms with Crippen LogP contribution >= 0.6 is 0 Å². The molecule has 1 aliphatic heterocycles. The molecular weight excluding hydrogens is 196 g/mol. The fourth-order valence-electron chi connectivity index (χ4n) is 2.34. The molecule has 0 saturated carbocycles. The predicted octanol–water partition coefficient (Wildman–Crippen LogP) is 3.60. The Morgan fingerprint density at radius 2 is 2.00 bits per heavy atom. The van der Waals surface area contributed by atoms with Gasteiger partial charge < -0.3 is 4.74 Å². The van der Waals surface area contributed by atoms with E-state index in [1.807, 2.05) is 0 Å². The summed E-state index contributed by atoms with van der Waals surface area (Å²) in [5, 5.41) is 0. The summed E-state index contributed by atoms with van der Waals surface area (Å²) in [5.41, 5.74) is 2.79. The molecule has 1 heterocycles. The van der Waals surface area contributed by atoms with Gasteiger partial charge in [0.1, 0.15) is 0 Å². The van der Waals surface area contributed by atoms with Gasteiger partial charge in [-0.05, 0) is 29.4 Å². The minimum Gasteiger partial charge on any atom is -0.373 e. The van der Waals surface area contributed by atoms with E-state index in [1.165, 1.54) is 11.1 Å². The number of rotatable bonds is 3. The summed E-state index contributed by atoms with van der Waals surface area (Å²) in [6, 6.07) is 10.6. The first kappa shape index (κ1) is 11.4. The quantitative estimate of drug-likeness (QED) is 0.701. The average Bonchev–Trinajstić information content (AvgIpc) is 2.66. The molecule has 2 rings (SSSR count). The second kappa shape index (κ2) is 4.42. The van der Waals surface area contributed by atoms with E-state index >= 15 is 0 Å². The monoisotopic (exact) mass is 216 g/mol. The van der Waals surface area contributed by atoms with Crippen LogP contribution in [0, 0.1) is 5.41 Å². The van der Waals surface area contributed by atoms with Crippen molar-refractivity contribution in [2.45, 2.75) is 32.8 Å². The lowest BCUT2D eigenvalue weighted by molar-refractivity contribution is 0.0199. The van der Waals surface area contributed by atoms with Crippen molar-refractivity contribution in [3.63, 3.8) is 0 Å². The fourth-order valence-corrected chi connectivity index (χ4v) is 2.34. The standard InChI is InChI=1S/C15H20O/c1-12-9-14(16-11-12)15(2,3)10-13-7-5-4-6-8-13/h4-8,14H,1,9-11H2,2-3H3. The molecule has 1 atom stereocenters. The largest absolute Gasteiger partial charge is 0.373 e. The normalized spacial score (nSPS) is 21.4. The van der Waals surface area contributed by atoms with Crippen molar-refractivity contribution >= 4 is 0 Å². The van der Waals surface area contributed by atoms with Gasteiger partial charge in [-0.3, -0.25) is 0 Å². The van der Waals surface area contributed by atoms with Crippen LogP contribution in [0.2, 0.25) is 0 Å². The summed E-state index contributed by atoms with van der Waals surface area (Å²) < 4.78 is 5.80. The Hall–Kier alpha value is -1.08. The lowest BCUT2D eigenvalue weighted by Gasteiger charge is -2.30. The van der Waals surface area contributed by atoms with Gasteiger partial charge >= 0.3 is 0 Å². The van der Waals surface area contributed by atoms with E-state index in [0.717, 1.165) is 19.4 Å². The summed E-state index contributed by atoms with van der Waals surface area (Å²) in [4.78, 5) is 0. The lowest BCUT2D eigenvalue weighted by Crippen LogP contribution is -2.30. The van der Waals surface area contributed by atoms with Crippen molar-refractivity contribution in [2.75, 3.05) is 6.61 Å². The Kier molecular flexibility index (Phi) is 3.15. The Bertz CT molecular complexity index is 364. The van der Waals surface area contributed by atoms with Crippen LogP contribution in [0.25, 0.3) is 0 Å². The Labute approximate surface area is 98.1 Å². The third-order valence-electron chi connectivity index (χ3n) is 3.34. The van der Waals surface area contributed by atoms with E-state index in [-0.39, 0.29) is 5.41 Å². The minimum absolute atomic E-state index is 0.181. The van der Waals surface area contributed by atoms with Crippen molar-refractivity contribution in [1.29, 1.82) is 0 Å². The molecule has 86 valence electrons. The Morgan fingerprint density at radius 1 is 1.31 bits per heavy atom. The van der Waals surface area contributed by atoms with Crippen LogP contribution in [-0.2, 0) is 11.2 Å². The molecule has 0 spiro atoms. The molecule has 0 aliphatic carbocycles. The molecule has 1 heteroatoms. The molecule has 1 unspecified atom stereocenters. The van der Waals surface area contributed by atoms with Gasteiger partial charge in [-0.2, -0.15) is 0 Å². The highest BCUT2D eigenvalue weighted by Gasteiger charge is 2.34. The molecule has 0 bridgehead atoms. The summed E-state index contributed by atoms with van der Waals surface area (Å²) in [6.45, 7) is 9.30. The van der Waals surface area contributed by atoms with Gasteiger partial charge in [0.25, 0.3) is 0 Å². The van der Waals surface area contributed by atoms with Gasteiger partial charge in [-0.1, -0.05) is 50.8 Å². The zero-order valence-electron chi connectivity index (χ0n) is 10.2. The summed E-state index contributed by atoms with van der Waals surface area (Å²) in [7, 11) is 0. The fraction of sp³-hybridized carbons (Fsp3) is 0.467. The van der Waals surface area contributed by atoms with Crippen molar-refractivity contribution in [1.82, 2.24) is 0 Å². The van der Waals surface area contributed by atoms with Gasteiger partial charge in [0.15, 0.2) is 0 Å². The van der Waals surface area contributed by atoms with Crippen LogP contribution in [0.5, 0.6) is 0 Å². The van der Waals surface area contributed by atoms with Crippen molar-refractivity contribution in [3.8, 4) is 0 Å². The van der Waals surface area contributed by atoms with E-state index in [2.05, 4.69) is 50.8 Å². The highest BCUT2D eigenvalue weighted by Crippen LogP contribution is 2.35. The molecule has 1 aromatic carbocycles. The SMILES string of the molecule is C=C1COC(C(C)(C)Cc2ccccc2)C1. The molecule has 0 N–H and O–H groups in total. The maximum Gasteiger partial charge on any atom is 0.0679 e. The third-order valence-corrected chi connectivity index (χ3v) is 3.34. The highest BCUT2D eigenvalue weighted by atomic mass is 16.5. The lowest BCUT2D eigenvalue weighted by atomic mass is 9.79. The number of hydrogen-bond donors (Lipinski definition) is 0. The summed E-state index contributed by atoms with van der Waals surface area (Å²) in [6.07, 6.45) is 2.39. The molecule has 0 radical (unpaired) electrons. The highest BCUT2D eigenvalue weighted by molar-refractivity contribution is 5.17. The van der Waals surface area contributed by atoms with Crippen LogP contribution in [0.3, 0.4) is 0 Å². The second-order valence-electron chi connectivity index (χ2n) is 5.40. The molecule has 0 aromatic heterocycles. The average molecular weight is 216 g/mol. The second-order valence-corrected chi connectivity index (χ2v) is 5.40. The van der Waals surface area contributed by atoms with E-state index < -0.39 is 0 Å². The molecule has 0 amide bonds. The van der Waals surface area contributed by atoms with Crippen LogP contribution in [0.15, 0.2) is 42.5 Å². The molecular formula is C15H20O. The summed E-state index contributed by atoms with van der Waals surface area (Å²) >= 11 is 0. The maximum atomic E-state index is 5.80. The molecule has 16 heavy (non-hydrogen) atoms. The van der Waals surface area contributed by atoms with E-state index in [4.69, 9.17) is 4.74 Å². The van der Waals surface area contributed by atoms with E-state index in [0.29, 0.717) is 6.10 Å². The van der Waals surface area contributed by atoms with Crippen LogP contribution in [0.1, 0.15) is 25.8 Å². The Balaban J connectivity index is 2.05. The molecule has 1 aliphatic rings. The van der Waals surface area contributed by atoms with E-state index in [9.17, 15) is 0 Å². The minimum atomic E-state index is 0.181. The third kappa shape index (κ3) is 2.53. The zero-order valence-corrected chi connectivity index (χ0v) is 10.2. The number of benzene rings is 1. The molecule has 1 aromatic rings.